The number of halogens is 1. The van der Waals surface area contributed by atoms with Crippen LogP contribution in [0.25, 0.3) is 0 Å². The van der Waals surface area contributed by atoms with E-state index < -0.39 is 0 Å². The topological polar surface area (TPSA) is 54.0 Å². The van der Waals surface area contributed by atoms with Gasteiger partial charge in [0.1, 0.15) is 10.8 Å². The number of piperazine rings is 1. The highest BCUT2D eigenvalue weighted by atomic mass is 32.1. The third-order valence-corrected chi connectivity index (χ3v) is 6.76. The normalized spacial score (nSPS) is 13.3. The van der Waals surface area contributed by atoms with Gasteiger partial charge in [-0.2, -0.15) is 0 Å². The largest absolute Gasteiger partial charge is 0.490 e. The van der Waals surface area contributed by atoms with Crippen LogP contribution in [0.4, 0.5) is 15.8 Å². The Hall–Kier alpha value is -3.65. The van der Waals surface area contributed by atoms with Crippen molar-refractivity contribution < 1.29 is 18.7 Å². The second-order valence-electron chi connectivity index (χ2n) is 8.98. The number of aryl methyl sites for hydroxylation is 2. The zero-order chi connectivity index (χ0) is 26.4. The minimum Gasteiger partial charge on any atom is -0.490 e. The molecule has 0 spiro atoms. The molecule has 0 bridgehead atoms. The molecule has 6 nitrogen and oxygen atoms in total. The summed E-state index contributed by atoms with van der Waals surface area (Å²) in [5, 5.41) is 2.89. The number of amides is 1. The number of benzene rings is 3. The summed E-state index contributed by atoms with van der Waals surface area (Å²) >= 11 is 5.78. The Labute approximate surface area is 223 Å². The molecule has 4 rings (SSSR count). The van der Waals surface area contributed by atoms with Crippen LogP contribution in [0.2, 0.25) is 0 Å². The van der Waals surface area contributed by atoms with E-state index in [-0.39, 0.29) is 18.3 Å². The van der Waals surface area contributed by atoms with Crippen LogP contribution in [0.3, 0.4) is 0 Å². The van der Waals surface area contributed by atoms with E-state index in [0.717, 1.165) is 22.4 Å². The molecule has 1 heterocycles. The molecule has 1 amide bonds. The molecule has 0 aliphatic carbocycles. The van der Waals surface area contributed by atoms with Gasteiger partial charge >= 0.3 is 0 Å². The fraction of sp³-hybridized carbons (Fsp3) is 0.310. The molecule has 1 N–H and O–H groups in total. The Morgan fingerprint density at radius 2 is 1.73 bits per heavy atom. The van der Waals surface area contributed by atoms with Crippen molar-refractivity contribution in [3.63, 3.8) is 0 Å². The molecule has 0 atom stereocenters. The highest BCUT2D eigenvalue weighted by molar-refractivity contribution is 7.80. The third kappa shape index (κ3) is 6.57. The van der Waals surface area contributed by atoms with Crippen molar-refractivity contribution in [3.8, 4) is 11.5 Å². The fourth-order valence-electron chi connectivity index (χ4n) is 4.35. The Morgan fingerprint density at radius 1 is 0.973 bits per heavy atom. The first-order chi connectivity index (χ1) is 17.9. The summed E-state index contributed by atoms with van der Waals surface area (Å²) in [4.78, 5) is 17.4. The first-order valence-electron chi connectivity index (χ1n) is 12.4. The lowest BCUT2D eigenvalue weighted by Gasteiger charge is -2.37. The van der Waals surface area contributed by atoms with Gasteiger partial charge in [-0.05, 0) is 62.7 Å². The molecule has 1 aliphatic heterocycles. The van der Waals surface area contributed by atoms with Gasteiger partial charge in [0.05, 0.1) is 12.3 Å². The molecule has 0 radical (unpaired) electrons. The van der Waals surface area contributed by atoms with E-state index in [1.54, 1.807) is 18.2 Å². The Kier molecular flexibility index (Phi) is 8.61. The van der Waals surface area contributed by atoms with E-state index in [1.807, 2.05) is 62.1 Å². The van der Waals surface area contributed by atoms with Gasteiger partial charge in [-0.3, -0.25) is 4.79 Å². The highest BCUT2D eigenvalue weighted by Gasteiger charge is 2.22. The Balaban J connectivity index is 1.37. The van der Waals surface area contributed by atoms with Gasteiger partial charge in [0.2, 0.25) is 0 Å². The lowest BCUT2D eigenvalue weighted by Crippen LogP contribution is -2.48. The summed E-state index contributed by atoms with van der Waals surface area (Å²) in [5.41, 5.74) is 4.36. The van der Waals surface area contributed by atoms with E-state index in [4.69, 9.17) is 21.7 Å². The summed E-state index contributed by atoms with van der Waals surface area (Å²) in [6.45, 7) is 8.89. The second kappa shape index (κ2) is 12.1. The molecule has 0 unspecified atom stereocenters. The van der Waals surface area contributed by atoms with E-state index in [0.29, 0.717) is 55.0 Å². The molecular formula is C29H32FN3O3S. The maximum Gasteiger partial charge on any atom is 0.262 e. The van der Waals surface area contributed by atoms with Gasteiger partial charge in [0.25, 0.3) is 5.91 Å². The summed E-state index contributed by atoms with van der Waals surface area (Å²) in [7, 11) is 0. The second-order valence-corrected chi connectivity index (χ2v) is 9.37. The van der Waals surface area contributed by atoms with Gasteiger partial charge in [0, 0.05) is 37.4 Å². The van der Waals surface area contributed by atoms with Crippen LogP contribution in [0.5, 0.6) is 11.5 Å². The van der Waals surface area contributed by atoms with E-state index in [2.05, 4.69) is 10.2 Å². The van der Waals surface area contributed by atoms with Crippen molar-refractivity contribution >= 4 is 34.5 Å². The van der Waals surface area contributed by atoms with Crippen molar-refractivity contribution in [2.45, 2.75) is 20.8 Å². The zero-order valence-corrected chi connectivity index (χ0v) is 22.2. The van der Waals surface area contributed by atoms with E-state index in [9.17, 15) is 9.18 Å². The third-order valence-electron chi connectivity index (χ3n) is 6.27. The number of hydrogen-bond donors (Lipinski definition) is 1. The van der Waals surface area contributed by atoms with Gasteiger partial charge in [0.15, 0.2) is 18.1 Å². The molecule has 3 aromatic rings. The molecule has 0 aromatic heterocycles. The number of anilines is 2. The zero-order valence-electron chi connectivity index (χ0n) is 21.4. The van der Waals surface area contributed by atoms with E-state index in [1.165, 1.54) is 6.07 Å². The number of rotatable bonds is 8. The van der Waals surface area contributed by atoms with Crippen LogP contribution < -0.4 is 19.7 Å². The molecule has 0 saturated carbocycles. The molecule has 8 heteroatoms. The summed E-state index contributed by atoms with van der Waals surface area (Å²) < 4.78 is 25.8. The minimum absolute atomic E-state index is 0.144. The highest BCUT2D eigenvalue weighted by Crippen LogP contribution is 2.30. The molecule has 1 fully saturated rings. The van der Waals surface area contributed by atoms with Crippen molar-refractivity contribution in [1.29, 1.82) is 0 Å². The van der Waals surface area contributed by atoms with Gasteiger partial charge < -0.3 is 24.6 Å². The molecule has 194 valence electrons. The molecule has 3 aromatic carbocycles. The molecular weight excluding hydrogens is 489 g/mol. The SMILES string of the molecule is CCOc1cc(C(=S)N2CCN(c3ccccc3F)CC2)ccc1OCC(=O)Nc1ccc(C)cc1C. The number of ether oxygens (including phenoxy) is 2. The summed E-state index contributed by atoms with van der Waals surface area (Å²) in [6.07, 6.45) is 0. The van der Waals surface area contributed by atoms with Crippen molar-refractivity contribution in [1.82, 2.24) is 4.90 Å². The first-order valence-corrected chi connectivity index (χ1v) is 12.8. The maximum absolute atomic E-state index is 14.2. The molecule has 1 aliphatic rings. The Morgan fingerprint density at radius 3 is 2.43 bits per heavy atom. The number of carbonyl (C=O) groups excluding carboxylic acids is 1. The molecule has 1 saturated heterocycles. The van der Waals surface area contributed by atoms with Crippen LogP contribution >= 0.6 is 12.2 Å². The van der Waals surface area contributed by atoms with Gasteiger partial charge in [-0.25, -0.2) is 4.39 Å². The average molecular weight is 522 g/mol. The number of carbonyl (C=O) groups is 1. The lowest BCUT2D eigenvalue weighted by molar-refractivity contribution is -0.118. The number of thiocarbonyl (C=S) groups is 1. The predicted octanol–water partition coefficient (Wildman–Crippen LogP) is 5.36. The predicted molar refractivity (Wildman–Crippen MR) is 150 cm³/mol. The maximum atomic E-state index is 14.2. The number of nitrogens with one attached hydrogen (secondary N) is 1. The Bertz CT molecular complexity index is 1280. The standard InChI is InChI=1S/C29H32FN3O3S/c1-4-35-27-18-22(29(37)33-15-13-32(14-16-33)25-8-6-5-7-23(25)30)10-12-26(27)36-19-28(34)31-24-11-9-20(2)17-21(24)3/h5-12,17-18H,4,13-16,19H2,1-3H3,(H,31,34). The summed E-state index contributed by atoms with van der Waals surface area (Å²) in [5.74, 6) is 0.556. The van der Waals surface area contributed by atoms with E-state index >= 15 is 0 Å². The van der Waals surface area contributed by atoms with Crippen LogP contribution in [-0.2, 0) is 4.79 Å². The van der Waals surface area contributed by atoms with Crippen molar-refractivity contribution in [2.24, 2.45) is 0 Å². The minimum atomic E-state index is -0.248. The van der Waals surface area contributed by atoms with Crippen molar-refractivity contribution in [2.75, 3.05) is 49.6 Å². The number of para-hydroxylation sites is 1. The first kappa shape index (κ1) is 26.4. The van der Waals surface area contributed by atoms with Crippen molar-refractivity contribution in [3.05, 3.63) is 83.2 Å². The number of hydrogen-bond acceptors (Lipinski definition) is 5. The van der Waals surface area contributed by atoms with Crippen LogP contribution in [0.1, 0.15) is 23.6 Å². The number of nitrogens with zero attached hydrogens (tertiary/aromatic N) is 2. The summed E-state index contributed by atoms with van der Waals surface area (Å²) in [6, 6.07) is 18.2. The van der Waals surface area contributed by atoms with Gasteiger partial charge in [-0.15, -0.1) is 0 Å². The van der Waals surface area contributed by atoms with Crippen LogP contribution in [-0.4, -0.2) is 55.2 Å². The van der Waals surface area contributed by atoms with Crippen LogP contribution in [0.15, 0.2) is 60.7 Å². The quantitative estimate of drug-likeness (QED) is 0.403. The van der Waals surface area contributed by atoms with Gasteiger partial charge in [-0.1, -0.05) is 42.0 Å². The smallest absolute Gasteiger partial charge is 0.262 e. The molecule has 37 heavy (non-hydrogen) atoms. The average Bonchev–Trinajstić information content (AvgIpc) is 2.90. The van der Waals surface area contributed by atoms with Crippen LogP contribution in [0, 0.1) is 19.7 Å². The fourth-order valence-corrected chi connectivity index (χ4v) is 4.66. The lowest BCUT2D eigenvalue weighted by atomic mass is 10.1. The monoisotopic (exact) mass is 521 g/mol.